The Morgan fingerprint density at radius 3 is 1.43 bits per heavy atom. The fraction of sp³-hybridized carbons (Fsp3) is 0.900. The smallest absolute Gasteiger partial charge is 0.101 e. The average Bonchev–Trinajstić information content (AvgIpc) is 2.57. The second-order valence-electron chi connectivity index (χ2n) is 6.88. The number of hydrogen-bond donors (Lipinski definition) is 3. The maximum Gasteiger partial charge on any atom is 0.101 e. The molecule has 0 aromatic carbocycles. The largest absolute Gasteiger partial charge is 0.514 e. The predicted molar refractivity (Wildman–Crippen MR) is 100 cm³/mol. The van der Waals surface area contributed by atoms with E-state index < -0.39 is 6.10 Å². The molecule has 1 unspecified atom stereocenters. The lowest BCUT2D eigenvalue weighted by atomic mass is 10.0. The molecule has 0 fully saturated rings. The van der Waals surface area contributed by atoms with Crippen molar-refractivity contribution in [3.8, 4) is 0 Å². The first-order chi connectivity index (χ1) is 11.2. The molecule has 0 rings (SSSR count). The molecule has 3 heteroatoms. The molecule has 0 aliphatic heterocycles. The number of aliphatic hydroxyl groups excluding tert-OH is 2. The summed E-state index contributed by atoms with van der Waals surface area (Å²) < 4.78 is 0. The minimum atomic E-state index is -0.679. The van der Waals surface area contributed by atoms with Gasteiger partial charge in [0.25, 0.3) is 0 Å². The first kappa shape index (κ1) is 22.3. The zero-order chi connectivity index (χ0) is 17.2. The van der Waals surface area contributed by atoms with Crippen LogP contribution in [-0.2, 0) is 0 Å². The zero-order valence-electron chi connectivity index (χ0n) is 15.4. The molecule has 3 nitrogen and oxygen atoms in total. The van der Waals surface area contributed by atoms with Crippen LogP contribution in [0, 0.1) is 0 Å². The van der Waals surface area contributed by atoms with E-state index in [4.69, 9.17) is 10.8 Å². The SMILES string of the molecule is CCCCCCCCCCCCCCCCCC(O)/C(N)=C\O. The molecular weight excluding hydrogens is 286 g/mol. The van der Waals surface area contributed by atoms with E-state index in [1.165, 1.54) is 83.5 Å². The number of hydrogen-bond acceptors (Lipinski definition) is 3. The van der Waals surface area contributed by atoms with Crippen LogP contribution in [0.25, 0.3) is 0 Å². The van der Waals surface area contributed by atoms with Gasteiger partial charge in [0, 0.05) is 0 Å². The molecule has 0 aromatic rings. The van der Waals surface area contributed by atoms with Crippen molar-refractivity contribution < 1.29 is 10.2 Å². The lowest BCUT2D eigenvalue weighted by Gasteiger charge is -2.09. The summed E-state index contributed by atoms with van der Waals surface area (Å²) in [6.07, 6.45) is 20.9. The van der Waals surface area contributed by atoms with E-state index in [1.54, 1.807) is 0 Å². The van der Waals surface area contributed by atoms with Crippen LogP contribution in [0.15, 0.2) is 12.0 Å². The minimum absolute atomic E-state index is 0.176. The fourth-order valence-electron chi connectivity index (χ4n) is 2.96. The fourth-order valence-corrected chi connectivity index (χ4v) is 2.96. The molecule has 23 heavy (non-hydrogen) atoms. The van der Waals surface area contributed by atoms with Crippen LogP contribution in [0.1, 0.15) is 110 Å². The molecule has 0 heterocycles. The summed E-state index contributed by atoms with van der Waals surface area (Å²) in [6.45, 7) is 2.27. The molecule has 1 atom stereocenters. The third-order valence-electron chi connectivity index (χ3n) is 4.61. The number of rotatable bonds is 17. The zero-order valence-corrected chi connectivity index (χ0v) is 15.4. The minimum Gasteiger partial charge on any atom is -0.514 e. The summed E-state index contributed by atoms with van der Waals surface area (Å²) in [7, 11) is 0. The summed E-state index contributed by atoms with van der Waals surface area (Å²) in [4.78, 5) is 0. The normalized spacial score (nSPS) is 13.4. The summed E-state index contributed by atoms with van der Waals surface area (Å²) in [6, 6.07) is 0. The Morgan fingerprint density at radius 2 is 1.09 bits per heavy atom. The summed E-state index contributed by atoms with van der Waals surface area (Å²) in [5.41, 5.74) is 5.61. The molecule has 138 valence electrons. The Bertz CT molecular complexity index is 266. The van der Waals surface area contributed by atoms with E-state index in [0.717, 1.165) is 19.1 Å². The maximum absolute atomic E-state index is 9.57. The van der Waals surface area contributed by atoms with Crippen molar-refractivity contribution in [3.05, 3.63) is 12.0 Å². The Labute approximate surface area is 144 Å². The van der Waals surface area contributed by atoms with Crippen LogP contribution in [-0.4, -0.2) is 16.3 Å². The van der Waals surface area contributed by atoms with Crippen LogP contribution < -0.4 is 5.73 Å². The van der Waals surface area contributed by atoms with E-state index in [0.29, 0.717) is 6.42 Å². The second kappa shape index (κ2) is 17.7. The molecule has 0 aliphatic carbocycles. The number of nitrogens with two attached hydrogens (primary N) is 1. The third-order valence-corrected chi connectivity index (χ3v) is 4.61. The topological polar surface area (TPSA) is 66.5 Å². The first-order valence-corrected chi connectivity index (χ1v) is 10.00. The van der Waals surface area contributed by atoms with Gasteiger partial charge < -0.3 is 15.9 Å². The van der Waals surface area contributed by atoms with E-state index in [9.17, 15) is 5.11 Å². The van der Waals surface area contributed by atoms with Crippen molar-refractivity contribution in [2.45, 2.75) is 116 Å². The third kappa shape index (κ3) is 16.0. The highest BCUT2D eigenvalue weighted by Gasteiger charge is 2.06. The van der Waals surface area contributed by atoms with Gasteiger partial charge in [-0.25, -0.2) is 0 Å². The van der Waals surface area contributed by atoms with Crippen LogP contribution in [0.4, 0.5) is 0 Å². The van der Waals surface area contributed by atoms with Crippen LogP contribution in [0.5, 0.6) is 0 Å². The molecule has 0 saturated heterocycles. The summed E-state index contributed by atoms with van der Waals surface area (Å²) in [5, 5.41) is 18.3. The molecule has 0 spiro atoms. The molecule has 0 aliphatic rings. The Balaban J connectivity index is 3.11. The maximum atomic E-state index is 9.57. The van der Waals surface area contributed by atoms with Crippen molar-refractivity contribution in [2.75, 3.05) is 0 Å². The lowest BCUT2D eigenvalue weighted by Crippen LogP contribution is -2.17. The number of unbranched alkanes of at least 4 members (excludes halogenated alkanes) is 14. The summed E-state index contributed by atoms with van der Waals surface area (Å²) in [5.74, 6) is 0. The quantitative estimate of drug-likeness (QED) is 0.228. The van der Waals surface area contributed by atoms with Gasteiger partial charge in [0.2, 0.25) is 0 Å². The van der Waals surface area contributed by atoms with Gasteiger partial charge in [-0.15, -0.1) is 0 Å². The first-order valence-electron chi connectivity index (χ1n) is 10.00. The predicted octanol–water partition coefficient (Wildman–Crippen LogP) is 5.97. The van der Waals surface area contributed by atoms with Gasteiger partial charge in [0.05, 0.1) is 11.8 Å². The van der Waals surface area contributed by atoms with Crippen molar-refractivity contribution in [2.24, 2.45) is 5.73 Å². The van der Waals surface area contributed by atoms with E-state index in [1.807, 2.05) is 0 Å². The van der Waals surface area contributed by atoms with Gasteiger partial charge in [0.1, 0.15) is 6.26 Å². The Morgan fingerprint density at radius 1 is 0.739 bits per heavy atom. The standard InChI is InChI=1S/C20H41NO2/c1-2-3-4-5-6-7-8-9-10-11-12-13-14-15-16-17-20(23)19(21)18-22/h18,20,22-23H,2-17,21H2,1H3/b19-18+. The van der Waals surface area contributed by atoms with Gasteiger partial charge in [-0.1, -0.05) is 103 Å². The Kier molecular flexibility index (Phi) is 17.1. The van der Waals surface area contributed by atoms with Crippen molar-refractivity contribution >= 4 is 0 Å². The Hall–Kier alpha value is -0.700. The average molecular weight is 328 g/mol. The van der Waals surface area contributed by atoms with Crippen molar-refractivity contribution in [1.29, 1.82) is 0 Å². The van der Waals surface area contributed by atoms with Crippen LogP contribution >= 0.6 is 0 Å². The summed E-state index contributed by atoms with van der Waals surface area (Å²) >= 11 is 0. The van der Waals surface area contributed by atoms with E-state index in [-0.39, 0.29) is 5.70 Å². The van der Waals surface area contributed by atoms with Crippen molar-refractivity contribution in [1.82, 2.24) is 0 Å². The molecule has 0 bridgehead atoms. The lowest BCUT2D eigenvalue weighted by molar-refractivity contribution is 0.190. The molecule has 4 N–H and O–H groups in total. The van der Waals surface area contributed by atoms with Crippen molar-refractivity contribution in [3.63, 3.8) is 0 Å². The van der Waals surface area contributed by atoms with E-state index in [2.05, 4.69) is 6.92 Å². The molecule has 0 radical (unpaired) electrons. The van der Waals surface area contributed by atoms with Crippen LogP contribution in [0.3, 0.4) is 0 Å². The van der Waals surface area contributed by atoms with Crippen LogP contribution in [0.2, 0.25) is 0 Å². The van der Waals surface area contributed by atoms with Gasteiger partial charge in [-0.2, -0.15) is 0 Å². The van der Waals surface area contributed by atoms with Gasteiger partial charge in [-0.05, 0) is 6.42 Å². The van der Waals surface area contributed by atoms with Gasteiger partial charge in [-0.3, -0.25) is 0 Å². The van der Waals surface area contributed by atoms with Gasteiger partial charge in [0.15, 0.2) is 0 Å². The van der Waals surface area contributed by atoms with Gasteiger partial charge >= 0.3 is 0 Å². The highest BCUT2D eigenvalue weighted by Crippen LogP contribution is 2.14. The molecular formula is C20H41NO2. The molecule has 0 saturated carbocycles. The second-order valence-corrected chi connectivity index (χ2v) is 6.88. The molecule has 0 amide bonds. The monoisotopic (exact) mass is 327 g/mol. The molecule has 0 aromatic heterocycles. The highest BCUT2D eigenvalue weighted by atomic mass is 16.3. The number of aliphatic hydroxyl groups is 2. The van der Waals surface area contributed by atoms with E-state index >= 15 is 0 Å². The highest BCUT2D eigenvalue weighted by molar-refractivity contribution is 4.97.